The lowest BCUT2D eigenvalue weighted by atomic mass is 10.1. The van der Waals surface area contributed by atoms with Crippen LogP contribution >= 0.6 is 23.2 Å². The number of carbonyl (C=O) groups excluding carboxylic acids is 1. The van der Waals surface area contributed by atoms with E-state index in [0.29, 0.717) is 15.7 Å². The zero-order chi connectivity index (χ0) is 13.4. The molecule has 1 amide bonds. The molecule has 0 spiro atoms. The molecule has 1 aliphatic heterocycles. The fourth-order valence-electron chi connectivity index (χ4n) is 2.03. The molecule has 1 saturated heterocycles. The Morgan fingerprint density at radius 1 is 1.39 bits per heavy atom. The van der Waals surface area contributed by atoms with Gasteiger partial charge in [0, 0.05) is 18.7 Å². The molecule has 1 N–H and O–H groups in total. The van der Waals surface area contributed by atoms with Crippen LogP contribution in [0, 0.1) is 12.8 Å². The maximum absolute atomic E-state index is 11.8. The van der Waals surface area contributed by atoms with Crippen molar-refractivity contribution in [2.24, 2.45) is 5.92 Å². The fraction of sp³-hybridized carbons (Fsp3) is 0.333. The second-order valence-corrected chi connectivity index (χ2v) is 5.11. The number of benzene rings is 1. The minimum atomic E-state index is -0.955. The van der Waals surface area contributed by atoms with Crippen LogP contribution in [0.1, 0.15) is 12.0 Å². The lowest BCUT2D eigenvalue weighted by Gasteiger charge is -2.19. The van der Waals surface area contributed by atoms with E-state index in [2.05, 4.69) is 0 Å². The summed E-state index contributed by atoms with van der Waals surface area (Å²) in [6.07, 6.45) is 0.0228. The van der Waals surface area contributed by atoms with Crippen LogP contribution in [0.5, 0.6) is 0 Å². The number of carboxylic acid groups (broad SMARTS) is 1. The Balaban J connectivity index is 2.35. The molecule has 96 valence electrons. The third-order valence-electron chi connectivity index (χ3n) is 3.00. The molecule has 1 unspecified atom stereocenters. The van der Waals surface area contributed by atoms with Gasteiger partial charge in [0.2, 0.25) is 5.91 Å². The van der Waals surface area contributed by atoms with Crippen LogP contribution < -0.4 is 4.90 Å². The minimum absolute atomic E-state index is 0.0228. The van der Waals surface area contributed by atoms with Gasteiger partial charge in [-0.25, -0.2) is 0 Å². The van der Waals surface area contributed by atoms with E-state index < -0.39 is 11.9 Å². The molecule has 6 heteroatoms. The summed E-state index contributed by atoms with van der Waals surface area (Å²) in [5.41, 5.74) is 1.42. The quantitative estimate of drug-likeness (QED) is 0.910. The first kappa shape index (κ1) is 13.2. The Morgan fingerprint density at radius 3 is 2.56 bits per heavy atom. The summed E-state index contributed by atoms with van der Waals surface area (Å²) in [4.78, 5) is 24.2. The second-order valence-electron chi connectivity index (χ2n) is 4.30. The third kappa shape index (κ3) is 2.31. The summed E-state index contributed by atoms with van der Waals surface area (Å²) in [7, 11) is 0. The molecular weight excluding hydrogens is 277 g/mol. The SMILES string of the molecule is Cc1cc(Cl)c(Cl)cc1N1CC(C(=O)O)CC1=O. The molecule has 1 fully saturated rings. The Bertz CT molecular complexity index is 530. The van der Waals surface area contributed by atoms with Crippen LogP contribution in [-0.4, -0.2) is 23.5 Å². The largest absolute Gasteiger partial charge is 0.481 e. The van der Waals surface area contributed by atoms with Crippen molar-refractivity contribution in [3.05, 3.63) is 27.7 Å². The predicted octanol–water partition coefficient (Wildman–Crippen LogP) is 2.74. The number of hydrogen-bond acceptors (Lipinski definition) is 2. The summed E-state index contributed by atoms with van der Waals surface area (Å²) >= 11 is 11.8. The van der Waals surface area contributed by atoms with Gasteiger partial charge in [-0.3, -0.25) is 9.59 Å². The van der Waals surface area contributed by atoms with E-state index in [1.165, 1.54) is 4.90 Å². The highest BCUT2D eigenvalue weighted by Crippen LogP contribution is 2.34. The van der Waals surface area contributed by atoms with Crippen LogP contribution in [-0.2, 0) is 9.59 Å². The van der Waals surface area contributed by atoms with Crippen molar-refractivity contribution in [1.82, 2.24) is 0 Å². The molecule has 4 nitrogen and oxygen atoms in total. The number of halogens is 2. The molecule has 1 atom stereocenters. The van der Waals surface area contributed by atoms with Crippen molar-refractivity contribution in [2.75, 3.05) is 11.4 Å². The van der Waals surface area contributed by atoms with E-state index in [0.717, 1.165) is 5.56 Å². The van der Waals surface area contributed by atoms with E-state index >= 15 is 0 Å². The zero-order valence-corrected chi connectivity index (χ0v) is 11.1. The molecule has 1 aromatic carbocycles. The van der Waals surface area contributed by atoms with Gasteiger partial charge in [-0.1, -0.05) is 23.2 Å². The van der Waals surface area contributed by atoms with Crippen LogP contribution in [0.3, 0.4) is 0 Å². The average molecular weight is 288 g/mol. The predicted molar refractivity (Wildman–Crippen MR) is 69.3 cm³/mol. The van der Waals surface area contributed by atoms with Gasteiger partial charge < -0.3 is 10.0 Å². The summed E-state index contributed by atoms with van der Waals surface area (Å²) < 4.78 is 0. The van der Waals surface area contributed by atoms with E-state index in [1.54, 1.807) is 19.1 Å². The van der Waals surface area contributed by atoms with Crippen molar-refractivity contribution in [2.45, 2.75) is 13.3 Å². The molecule has 0 aromatic heterocycles. The van der Waals surface area contributed by atoms with Crippen LogP contribution in [0.4, 0.5) is 5.69 Å². The number of aliphatic carboxylic acids is 1. The summed E-state index contributed by atoms with van der Waals surface area (Å²) in [6.45, 7) is 1.98. The number of nitrogens with zero attached hydrogens (tertiary/aromatic N) is 1. The van der Waals surface area contributed by atoms with Crippen LogP contribution in [0.15, 0.2) is 12.1 Å². The van der Waals surface area contributed by atoms with E-state index in [9.17, 15) is 9.59 Å². The molecule has 2 rings (SSSR count). The number of carbonyl (C=O) groups is 2. The molecule has 18 heavy (non-hydrogen) atoms. The fourth-order valence-corrected chi connectivity index (χ4v) is 2.41. The number of carboxylic acids is 1. The number of rotatable bonds is 2. The highest BCUT2D eigenvalue weighted by atomic mass is 35.5. The van der Waals surface area contributed by atoms with Gasteiger partial charge in [0.25, 0.3) is 0 Å². The van der Waals surface area contributed by atoms with Crippen molar-refractivity contribution < 1.29 is 14.7 Å². The van der Waals surface area contributed by atoms with E-state index in [4.69, 9.17) is 28.3 Å². The Labute approximate surface area is 114 Å². The summed E-state index contributed by atoms with van der Waals surface area (Å²) in [5, 5.41) is 9.70. The zero-order valence-electron chi connectivity index (χ0n) is 9.61. The molecule has 0 saturated carbocycles. The molecular formula is C12H11Cl2NO3. The van der Waals surface area contributed by atoms with Gasteiger partial charge in [-0.05, 0) is 24.6 Å². The van der Waals surface area contributed by atoms with Crippen molar-refractivity contribution >= 4 is 40.8 Å². The third-order valence-corrected chi connectivity index (χ3v) is 3.73. The van der Waals surface area contributed by atoms with Gasteiger partial charge in [-0.2, -0.15) is 0 Å². The molecule has 0 aliphatic carbocycles. The normalized spacial score (nSPS) is 19.4. The Hall–Kier alpha value is -1.26. The lowest BCUT2D eigenvalue weighted by Crippen LogP contribution is -2.26. The summed E-state index contributed by atoms with van der Waals surface area (Å²) in [6, 6.07) is 3.27. The standard InChI is InChI=1S/C12H11Cl2NO3/c1-6-2-8(13)9(14)4-10(6)15-5-7(12(17)18)3-11(15)16/h2,4,7H,3,5H2,1H3,(H,17,18). The van der Waals surface area contributed by atoms with E-state index in [1.807, 2.05) is 0 Å². The van der Waals surface area contributed by atoms with E-state index in [-0.39, 0.29) is 18.9 Å². The molecule has 1 aliphatic rings. The van der Waals surface area contributed by atoms with Crippen molar-refractivity contribution in [1.29, 1.82) is 0 Å². The maximum atomic E-state index is 11.8. The van der Waals surface area contributed by atoms with Gasteiger partial charge in [-0.15, -0.1) is 0 Å². The van der Waals surface area contributed by atoms with Gasteiger partial charge in [0.15, 0.2) is 0 Å². The topological polar surface area (TPSA) is 57.6 Å². The number of amides is 1. The smallest absolute Gasteiger partial charge is 0.308 e. The molecule has 1 aromatic rings. The first-order valence-electron chi connectivity index (χ1n) is 5.39. The highest BCUT2D eigenvalue weighted by molar-refractivity contribution is 6.42. The monoisotopic (exact) mass is 287 g/mol. The first-order chi connectivity index (χ1) is 8.40. The summed E-state index contributed by atoms with van der Waals surface area (Å²) in [5.74, 6) is -1.82. The molecule has 0 radical (unpaired) electrons. The number of anilines is 1. The van der Waals surface area contributed by atoms with Crippen molar-refractivity contribution in [3.8, 4) is 0 Å². The van der Waals surface area contributed by atoms with Gasteiger partial charge >= 0.3 is 5.97 Å². The Morgan fingerprint density at radius 2 is 2.00 bits per heavy atom. The first-order valence-corrected chi connectivity index (χ1v) is 6.14. The Kier molecular flexibility index (Phi) is 3.50. The molecule has 0 bridgehead atoms. The maximum Gasteiger partial charge on any atom is 0.308 e. The second kappa shape index (κ2) is 4.78. The van der Waals surface area contributed by atoms with Gasteiger partial charge in [0.1, 0.15) is 0 Å². The average Bonchev–Trinajstić information content (AvgIpc) is 2.66. The van der Waals surface area contributed by atoms with Crippen molar-refractivity contribution in [3.63, 3.8) is 0 Å². The molecule has 1 heterocycles. The van der Waals surface area contributed by atoms with Crippen LogP contribution in [0.25, 0.3) is 0 Å². The van der Waals surface area contributed by atoms with Gasteiger partial charge in [0.05, 0.1) is 16.0 Å². The highest BCUT2D eigenvalue weighted by Gasteiger charge is 2.35. The number of aryl methyl sites for hydroxylation is 1. The number of hydrogen-bond donors (Lipinski definition) is 1. The van der Waals surface area contributed by atoms with Crippen LogP contribution in [0.2, 0.25) is 10.0 Å². The lowest BCUT2D eigenvalue weighted by molar-refractivity contribution is -0.141. The minimum Gasteiger partial charge on any atom is -0.481 e.